The Hall–Kier alpha value is -1.31. The average molecular weight is 220 g/mol. The molecule has 0 heterocycles. The van der Waals surface area contributed by atoms with E-state index in [9.17, 15) is 9.90 Å². The monoisotopic (exact) mass is 220 g/mol. The third-order valence-corrected chi connectivity index (χ3v) is 2.76. The van der Waals surface area contributed by atoms with Crippen LogP contribution in [0.15, 0.2) is 18.2 Å². The van der Waals surface area contributed by atoms with Crippen LogP contribution in [0.3, 0.4) is 0 Å². The number of carbonyl (C=O) groups is 1. The van der Waals surface area contributed by atoms with Crippen LogP contribution in [0.2, 0.25) is 0 Å². The molecule has 0 aliphatic carbocycles. The Morgan fingerprint density at radius 3 is 2.56 bits per heavy atom. The zero-order chi connectivity index (χ0) is 12.0. The first kappa shape index (κ1) is 12.8. The zero-order valence-electron chi connectivity index (χ0n) is 10.1. The molecule has 88 valence electrons. The minimum atomic E-state index is -0.0879. The number of carbonyl (C=O) groups excluding carboxylic acids is 1. The first-order chi connectivity index (χ1) is 7.65. The summed E-state index contributed by atoms with van der Waals surface area (Å²) < 4.78 is 0. The number of rotatable bonds is 6. The van der Waals surface area contributed by atoms with Crippen molar-refractivity contribution >= 4 is 5.78 Å². The topological polar surface area (TPSA) is 37.3 Å². The maximum absolute atomic E-state index is 11.1. The lowest BCUT2D eigenvalue weighted by molar-refractivity contribution is 0.101. The predicted octanol–water partition coefficient (Wildman–Crippen LogP) is 3.72. The summed E-state index contributed by atoms with van der Waals surface area (Å²) in [5, 5.41) is 9.64. The van der Waals surface area contributed by atoms with Crippen molar-refractivity contribution in [1.82, 2.24) is 0 Å². The van der Waals surface area contributed by atoms with E-state index in [0.29, 0.717) is 5.56 Å². The Balaban J connectivity index is 2.56. The van der Waals surface area contributed by atoms with Crippen molar-refractivity contribution in [2.75, 3.05) is 0 Å². The largest absolute Gasteiger partial charge is 0.507 e. The van der Waals surface area contributed by atoms with Crippen molar-refractivity contribution in [2.24, 2.45) is 0 Å². The van der Waals surface area contributed by atoms with Crippen LogP contribution in [0.5, 0.6) is 5.75 Å². The van der Waals surface area contributed by atoms with Gasteiger partial charge in [0.15, 0.2) is 5.78 Å². The van der Waals surface area contributed by atoms with Gasteiger partial charge in [0.05, 0.1) is 5.56 Å². The first-order valence-corrected chi connectivity index (χ1v) is 5.98. The van der Waals surface area contributed by atoms with E-state index < -0.39 is 0 Å². The van der Waals surface area contributed by atoms with Crippen molar-refractivity contribution in [2.45, 2.75) is 46.0 Å². The molecule has 0 radical (unpaired) electrons. The molecule has 1 rings (SSSR count). The van der Waals surface area contributed by atoms with Gasteiger partial charge in [-0.2, -0.15) is 0 Å². The van der Waals surface area contributed by atoms with Crippen LogP contribution in [-0.4, -0.2) is 10.9 Å². The molecule has 0 aromatic heterocycles. The first-order valence-electron chi connectivity index (χ1n) is 5.98. The van der Waals surface area contributed by atoms with Crippen LogP contribution in [0.1, 0.15) is 55.5 Å². The Morgan fingerprint density at radius 1 is 1.25 bits per heavy atom. The van der Waals surface area contributed by atoms with Crippen LogP contribution in [0.4, 0.5) is 0 Å². The van der Waals surface area contributed by atoms with Gasteiger partial charge in [0.1, 0.15) is 5.75 Å². The molecule has 0 spiro atoms. The molecule has 0 fully saturated rings. The predicted molar refractivity (Wildman–Crippen MR) is 66.0 cm³/mol. The highest BCUT2D eigenvalue weighted by atomic mass is 16.3. The summed E-state index contributed by atoms with van der Waals surface area (Å²) in [6.07, 6.45) is 5.84. The van der Waals surface area contributed by atoms with E-state index in [2.05, 4.69) is 6.92 Å². The molecule has 0 saturated heterocycles. The van der Waals surface area contributed by atoms with E-state index in [1.165, 1.54) is 26.2 Å². The fourth-order valence-electron chi connectivity index (χ4n) is 1.79. The van der Waals surface area contributed by atoms with E-state index in [0.717, 1.165) is 18.4 Å². The summed E-state index contributed by atoms with van der Waals surface area (Å²) in [6.45, 7) is 3.66. The van der Waals surface area contributed by atoms with Gasteiger partial charge in [0, 0.05) is 0 Å². The minimum Gasteiger partial charge on any atom is -0.507 e. The SMILES string of the molecule is CCCCCCc1ccc(C(C)=O)c(O)c1. The molecule has 0 bridgehead atoms. The third kappa shape index (κ3) is 3.69. The van der Waals surface area contributed by atoms with Gasteiger partial charge < -0.3 is 5.11 Å². The van der Waals surface area contributed by atoms with Crippen molar-refractivity contribution in [3.05, 3.63) is 29.3 Å². The highest BCUT2D eigenvalue weighted by Crippen LogP contribution is 2.20. The molecule has 1 aromatic carbocycles. The number of phenolic OH excluding ortho intramolecular Hbond substituents is 1. The molecule has 0 aliphatic heterocycles. The van der Waals surface area contributed by atoms with Crippen molar-refractivity contribution in [3.8, 4) is 5.75 Å². The molecule has 0 saturated carbocycles. The van der Waals surface area contributed by atoms with Crippen LogP contribution < -0.4 is 0 Å². The quantitative estimate of drug-likeness (QED) is 0.586. The van der Waals surface area contributed by atoms with Crippen LogP contribution in [-0.2, 0) is 6.42 Å². The van der Waals surface area contributed by atoms with E-state index in [4.69, 9.17) is 0 Å². The third-order valence-electron chi connectivity index (χ3n) is 2.76. The van der Waals surface area contributed by atoms with Crippen molar-refractivity contribution in [1.29, 1.82) is 0 Å². The number of hydrogen-bond donors (Lipinski definition) is 1. The van der Waals surface area contributed by atoms with Gasteiger partial charge >= 0.3 is 0 Å². The smallest absolute Gasteiger partial charge is 0.163 e. The Bertz CT molecular complexity index is 356. The number of Topliss-reactive ketones (excluding diaryl/α,β-unsaturated/α-hetero) is 1. The summed E-state index contributed by atoms with van der Waals surface area (Å²) in [7, 11) is 0. The lowest BCUT2D eigenvalue weighted by Crippen LogP contribution is -1.94. The number of unbranched alkanes of at least 4 members (excludes halogenated alkanes) is 3. The van der Waals surface area contributed by atoms with Crippen LogP contribution >= 0.6 is 0 Å². The van der Waals surface area contributed by atoms with E-state index in [-0.39, 0.29) is 11.5 Å². The Morgan fingerprint density at radius 2 is 2.00 bits per heavy atom. The molecule has 0 atom stereocenters. The van der Waals surface area contributed by atoms with Crippen molar-refractivity contribution < 1.29 is 9.90 Å². The number of aromatic hydroxyl groups is 1. The molecular weight excluding hydrogens is 200 g/mol. The fraction of sp³-hybridized carbons (Fsp3) is 0.500. The summed E-state index contributed by atoms with van der Waals surface area (Å²) in [5.74, 6) is 0.0236. The Labute approximate surface area is 97.3 Å². The van der Waals surface area contributed by atoms with E-state index >= 15 is 0 Å². The maximum atomic E-state index is 11.1. The number of aryl methyl sites for hydroxylation is 1. The molecule has 1 aromatic rings. The van der Waals surface area contributed by atoms with Crippen molar-refractivity contribution in [3.63, 3.8) is 0 Å². The summed E-state index contributed by atoms with van der Waals surface area (Å²) in [4.78, 5) is 11.1. The summed E-state index contributed by atoms with van der Waals surface area (Å²) >= 11 is 0. The summed E-state index contributed by atoms with van der Waals surface area (Å²) in [6, 6.07) is 5.36. The van der Waals surface area contributed by atoms with Gasteiger partial charge in [-0.25, -0.2) is 0 Å². The number of benzene rings is 1. The van der Waals surface area contributed by atoms with Gasteiger partial charge in [-0.1, -0.05) is 32.3 Å². The fourth-order valence-corrected chi connectivity index (χ4v) is 1.79. The number of hydrogen-bond acceptors (Lipinski definition) is 2. The standard InChI is InChI=1S/C14H20O2/c1-3-4-5-6-7-12-8-9-13(11(2)15)14(16)10-12/h8-10,16H,3-7H2,1-2H3. The number of phenols is 1. The van der Waals surface area contributed by atoms with Gasteiger partial charge in [-0.05, 0) is 37.5 Å². The second kappa shape index (κ2) is 6.31. The average Bonchev–Trinajstić information content (AvgIpc) is 2.24. The highest BCUT2D eigenvalue weighted by Gasteiger charge is 2.06. The number of ketones is 1. The van der Waals surface area contributed by atoms with Gasteiger partial charge in [-0.3, -0.25) is 4.79 Å². The Kier molecular flexibility index (Phi) is 5.03. The molecule has 1 N–H and O–H groups in total. The highest BCUT2D eigenvalue weighted by molar-refractivity contribution is 5.96. The molecule has 0 aliphatic rings. The summed E-state index contributed by atoms with van der Waals surface area (Å²) in [5.41, 5.74) is 1.52. The van der Waals surface area contributed by atoms with Crippen LogP contribution in [0.25, 0.3) is 0 Å². The lowest BCUT2D eigenvalue weighted by Gasteiger charge is -2.05. The molecular formula is C14H20O2. The lowest BCUT2D eigenvalue weighted by atomic mass is 10.0. The van der Waals surface area contributed by atoms with Crippen LogP contribution in [0, 0.1) is 0 Å². The second-order valence-electron chi connectivity index (χ2n) is 4.22. The minimum absolute atomic E-state index is 0.0879. The van der Waals surface area contributed by atoms with Gasteiger partial charge in [0.2, 0.25) is 0 Å². The zero-order valence-corrected chi connectivity index (χ0v) is 10.1. The van der Waals surface area contributed by atoms with E-state index in [1.807, 2.05) is 6.07 Å². The molecule has 16 heavy (non-hydrogen) atoms. The van der Waals surface area contributed by atoms with Gasteiger partial charge in [-0.15, -0.1) is 0 Å². The second-order valence-corrected chi connectivity index (χ2v) is 4.22. The van der Waals surface area contributed by atoms with E-state index in [1.54, 1.807) is 12.1 Å². The molecule has 0 amide bonds. The molecule has 0 unspecified atom stereocenters. The normalized spacial score (nSPS) is 10.4. The maximum Gasteiger partial charge on any atom is 0.163 e. The molecule has 2 nitrogen and oxygen atoms in total. The molecule has 2 heteroatoms. The van der Waals surface area contributed by atoms with Gasteiger partial charge in [0.25, 0.3) is 0 Å².